The second-order valence-corrected chi connectivity index (χ2v) is 7.40. The number of amides is 1. The summed E-state index contributed by atoms with van der Waals surface area (Å²) in [6.45, 7) is 9.89. The van der Waals surface area contributed by atoms with Crippen LogP contribution in [-0.2, 0) is 23.1 Å². The van der Waals surface area contributed by atoms with Gasteiger partial charge in [-0.2, -0.15) is 0 Å². The normalized spacial score (nSPS) is 13.2. The predicted octanol–water partition coefficient (Wildman–Crippen LogP) is 1.97. The van der Waals surface area contributed by atoms with Gasteiger partial charge in [-0.05, 0) is 41.0 Å². The lowest BCUT2D eigenvalue weighted by molar-refractivity contribution is -0.311. The van der Waals surface area contributed by atoms with Gasteiger partial charge in [-0.15, -0.1) is 0 Å². The van der Waals surface area contributed by atoms with E-state index in [-0.39, 0.29) is 13.0 Å². The van der Waals surface area contributed by atoms with Crippen molar-refractivity contribution in [1.82, 2.24) is 4.90 Å². The molecule has 1 atom stereocenters. The Hall–Kier alpha value is -1.11. The Bertz CT molecular complexity index is 425. The molecule has 0 heterocycles. The molecule has 0 aliphatic heterocycles. The molecule has 0 saturated heterocycles. The lowest BCUT2D eigenvalue weighted by atomic mass is 10.2. The van der Waals surface area contributed by atoms with Crippen LogP contribution in [0.25, 0.3) is 0 Å². The highest BCUT2D eigenvalue weighted by Crippen LogP contribution is 2.51. The summed E-state index contributed by atoms with van der Waals surface area (Å²) in [5.41, 5.74) is 0. The van der Waals surface area contributed by atoms with E-state index in [4.69, 9.17) is 13.8 Å². The molecule has 1 unspecified atom stereocenters. The fourth-order valence-electron chi connectivity index (χ4n) is 1.92. The summed E-state index contributed by atoms with van der Waals surface area (Å²) < 4.78 is 28.5. The first-order chi connectivity index (χ1) is 10.6. The molecule has 9 heteroatoms. The summed E-state index contributed by atoms with van der Waals surface area (Å²) in [6.07, 6.45) is -2.19. The second-order valence-electron chi connectivity index (χ2n) is 5.47. The third-order valence-electron chi connectivity index (χ3n) is 2.61. The molecule has 0 radical (unpaired) electrons. The number of nitrogens with zero attached hydrogens (tertiary/aromatic N) is 1. The fourth-order valence-corrected chi connectivity index (χ4v) is 4.08. The summed E-state index contributed by atoms with van der Waals surface area (Å²) in [7, 11) is -3.74. The molecule has 0 N–H and O–H groups in total. The SMILES string of the molecule is CCOC(=O)N(CP(=O)(OC(C)C)OC(C)C)C(CC)C(=O)[O-]. The second kappa shape index (κ2) is 9.90. The zero-order valence-electron chi connectivity index (χ0n) is 14.6. The molecule has 0 saturated carbocycles. The van der Waals surface area contributed by atoms with Crippen molar-refractivity contribution in [1.29, 1.82) is 0 Å². The van der Waals surface area contributed by atoms with Crippen molar-refractivity contribution in [3.63, 3.8) is 0 Å². The molecule has 0 aliphatic rings. The zero-order valence-corrected chi connectivity index (χ0v) is 15.5. The van der Waals surface area contributed by atoms with E-state index in [0.29, 0.717) is 0 Å². The van der Waals surface area contributed by atoms with Gasteiger partial charge in [0.25, 0.3) is 0 Å². The van der Waals surface area contributed by atoms with Gasteiger partial charge in [0.1, 0.15) is 6.29 Å². The van der Waals surface area contributed by atoms with Crippen molar-refractivity contribution in [2.45, 2.75) is 66.2 Å². The number of hydrogen-bond donors (Lipinski definition) is 0. The number of carbonyl (C=O) groups is 2. The fraction of sp³-hybridized carbons (Fsp3) is 0.857. The highest BCUT2D eigenvalue weighted by molar-refractivity contribution is 7.53. The summed E-state index contributed by atoms with van der Waals surface area (Å²) in [6, 6.07) is -1.28. The molecule has 23 heavy (non-hydrogen) atoms. The van der Waals surface area contributed by atoms with Crippen molar-refractivity contribution >= 4 is 19.7 Å². The summed E-state index contributed by atoms with van der Waals surface area (Å²) in [5.74, 6) is -1.46. The van der Waals surface area contributed by atoms with Gasteiger partial charge in [0.15, 0.2) is 0 Å². The van der Waals surface area contributed by atoms with Crippen LogP contribution in [0.2, 0.25) is 0 Å². The maximum atomic E-state index is 12.9. The van der Waals surface area contributed by atoms with Gasteiger partial charge in [0.05, 0.1) is 30.8 Å². The van der Waals surface area contributed by atoms with Crippen LogP contribution in [0.4, 0.5) is 4.79 Å². The maximum Gasteiger partial charge on any atom is 0.410 e. The predicted molar refractivity (Wildman–Crippen MR) is 82.9 cm³/mol. The topological polar surface area (TPSA) is 105 Å². The van der Waals surface area contributed by atoms with Gasteiger partial charge in [0.2, 0.25) is 0 Å². The van der Waals surface area contributed by atoms with E-state index in [1.54, 1.807) is 41.5 Å². The van der Waals surface area contributed by atoms with Crippen LogP contribution >= 0.6 is 7.60 Å². The Morgan fingerprint density at radius 3 is 1.87 bits per heavy atom. The van der Waals surface area contributed by atoms with Gasteiger partial charge in [-0.3, -0.25) is 9.46 Å². The third-order valence-corrected chi connectivity index (χ3v) is 4.74. The summed E-state index contributed by atoms with van der Waals surface area (Å²) in [5, 5.41) is 11.3. The Morgan fingerprint density at radius 1 is 1.09 bits per heavy atom. The van der Waals surface area contributed by atoms with E-state index in [9.17, 15) is 19.3 Å². The van der Waals surface area contributed by atoms with E-state index in [2.05, 4.69) is 0 Å². The quantitative estimate of drug-likeness (QED) is 0.553. The lowest BCUT2D eigenvalue weighted by Gasteiger charge is -2.34. The largest absolute Gasteiger partial charge is 0.548 e. The third kappa shape index (κ3) is 7.81. The molecule has 0 fully saturated rings. The Labute approximate surface area is 137 Å². The molecule has 0 aromatic heterocycles. The van der Waals surface area contributed by atoms with Crippen LogP contribution in [0.5, 0.6) is 0 Å². The lowest BCUT2D eigenvalue weighted by Crippen LogP contribution is -2.51. The summed E-state index contributed by atoms with van der Waals surface area (Å²) in [4.78, 5) is 24.2. The van der Waals surface area contributed by atoms with Crippen molar-refractivity contribution in [2.24, 2.45) is 0 Å². The molecular formula is C14H27NO7P-. The van der Waals surface area contributed by atoms with Crippen molar-refractivity contribution in [3.05, 3.63) is 0 Å². The molecule has 0 rings (SSSR count). The minimum Gasteiger partial charge on any atom is -0.548 e. The number of carboxylic acid groups (broad SMARTS) is 1. The van der Waals surface area contributed by atoms with Gasteiger partial charge in [0, 0.05) is 0 Å². The zero-order chi connectivity index (χ0) is 18.2. The van der Waals surface area contributed by atoms with E-state index >= 15 is 0 Å². The molecule has 0 bridgehead atoms. The van der Waals surface area contributed by atoms with Gasteiger partial charge >= 0.3 is 13.7 Å². The minimum absolute atomic E-state index is 0.0548. The summed E-state index contributed by atoms with van der Waals surface area (Å²) >= 11 is 0. The standard InChI is InChI=1S/C14H28NO7P/c1-7-12(13(16)17)15(14(18)20-8-2)9-23(19,21-10(3)4)22-11(5)6/h10-12H,7-9H2,1-6H3,(H,16,17)/p-1. The van der Waals surface area contributed by atoms with Crippen molar-refractivity contribution < 1.29 is 33.0 Å². The molecule has 0 aromatic rings. The van der Waals surface area contributed by atoms with E-state index < -0.39 is 44.2 Å². The monoisotopic (exact) mass is 352 g/mol. The molecule has 8 nitrogen and oxygen atoms in total. The number of aliphatic carboxylic acids is 1. The highest BCUT2D eigenvalue weighted by Gasteiger charge is 2.36. The molecule has 0 aliphatic carbocycles. The Morgan fingerprint density at radius 2 is 1.57 bits per heavy atom. The average molecular weight is 352 g/mol. The first kappa shape index (κ1) is 21.9. The minimum atomic E-state index is -3.74. The van der Waals surface area contributed by atoms with Crippen LogP contribution in [0.1, 0.15) is 48.0 Å². The van der Waals surface area contributed by atoms with Crippen LogP contribution < -0.4 is 5.11 Å². The van der Waals surface area contributed by atoms with Crippen molar-refractivity contribution in [3.8, 4) is 0 Å². The van der Waals surface area contributed by atoms with E-state index in [1.807, 2.05) is 0 Å². The van der Waals surface area contributed by atoms with Gasteiger partial charge < -0.3 is 23.7 Å². The van der Waals surface area contributed by atoms with Crippen LogP contribution in [0.3, 0.4) is 0 Å². The molecule has 0 aromatic carbocycles. The number of hydrogen-bond acceptors (Lipinski definition) is 7. The van der Waals surface area contributed by atoms with Crippen LogP contribution in [-0.4, -0.2) is 48.1 Å². The van der Waals surface area contributed by atoms with Gasteiger partial charge in [-0.25, -0.2) is 4.79 Å². The Kier molecular flexibility index (Phi) is 9.42. The highest BCUT2D eigenvalue weighted by atomic mass is 31.2. The van der Waals surface area contributed by atoms with E-state index in [1.165, 1.54) is 0 Å². The first-order valence-electron chi connectivity index (χ1n) is 7.66. The number of carboxylic acids is 1. The molecular weight excluding hydrogens is 325 g/mol. The smallest absolute Gasteiger partial charge is 0.410 e. The number of carbonyl (C=O) groups excluding carboxylic acids is 2. The van der Waals surface area contributed by atoms with Crippen LogP contribution in [0, 0.1) is 0 Å². The van der Waals surface area contributed by atoms with E-state index in [0.717, 1.165) is 4.90 Å². The number of rotatable bonds is 10. The Balaban J connectivity index is 5.54. The van der Waals surface area contributed by atoms with Crippen molar-refractivity contribution in [2.75, 3.05) is 12.9 Å². The first-order valence-corrected chi connectivity index (χ1v) is 9.39. The maximum absolute atomic E-state index is 12.9. The average Bonchev–Trinajstić information content (AvgIpc) is 2.35. The van der Waals surface area contributed by atoms with Crippen LogP contribution in [0.15, 0.2) is 0 Å². The number of ether oxygens (including phenoxy) is 1. The molecule has 0 spiro atoms. The molecule has 1 amide bonds. The molecule has 136 valence electrons. The van der Waals surface area contributed by atoms with Gasteiger partial charge in [-0.1, -0.05) is 6.92 Å².